The third kappa shape index (κ3) is 7.74. The Morgan fingerprint density at radius 2 is 1.90 bits per heavy atom. The molecule has 0 bridgehead atoms. The first-order valence-corrected chi connectivity index (χ1v) is 11.2. The molecule has 1 aromatic rings. The van der Waals surface area contributed by atoms with E-state index in [1.165, 1.54) is 6.42 Å². The number of guanidine groups is 1. The fraction of sp³-hybridized carbons (Fsp3) is 0.737. The second-order valence-electron chi connectivity index (χ2n) is 7.59. The summed E-state index contributed by atoms with van der Waals surface area (Å²) < 4.78 is 37.8. The number of nitrogens with one attached hydrogen (secondary N) is 2. The largest absolute Gasteiger partial charge is 0.434 e. The number of rotatable bonds is 7. The van der Waals surface area contributed by atoms with Gasteiger partial charge < -0.3 is 15.5 Å². The van der Waals surface area contributed by atoms with Crippen molar-refractivity contribution in [1.29, 1.82) is 0 Å². The minimum atomic E-state index is -4.39. The summed E-state index contributed by atoms with van der Waals surface area (Å²) >= 11 is 1.02. The Labute approximate surface area is 201 Å². The molecule has 1 aliphatic heterocycles. The van der Waals surface area contributed by atoms with Crippen molar-refractivity contribution in [3.05, 3.63) is 16.1 Å². The third-order valence-corrected chi connectivity index (χ3v) is 6.46. The number of carbonyl (C=O) groups is 1. The molecule has 0 aromatic carbocycles. The summed E-state index contributed by atoms with van der Waals surface area (Å²) in [6, 6.07) is 0. The third-order valence-electron chi connectivity index (χ3n) is 5.56. The number of amides is 1. The van der Waals surface area contributed by atoms with E-state index in [4.69, 9.17) is 0 Å². The number of nitrogens with zero attached hydrogens (tertiary/aromatic N) is 4. The molecular formula is C19H30F3IN6OS. The van der Waals surface area contributed by atoms with Crippen LogP contribution in [-0.4, -0.2) is 79.5 Å². The molecule has 1 amide bonds. The van der Waals surface area contributed by atoms with E-state index in [0.29, 0.717) is 36.4 Å². The van der Waals surface area contributed by atoms with Gasteiger partial charge in [-0.3, -0.25) is 14.7 Å². The highest BCUT2D eigenvalue weighted by Crippen LogP contribution is 2.30. The molecule has 176 valence electrons. The van der Waals surface area contributed by atoms with Crippen molar-refractivity contribution in [3.63, 3.8) is 0 Å². The van der Waals surface area contributed by atoms with Gasteiger partial charge in [0.2, 0.25) is 5.91 Å². The minimum absolute atomic E-state index is 0. The molecule has 0 radical (unpaired) electrons. The van der Waals surface area contributed by atoms with E-state index < -0.39 is 11.9 Å². The molecule has 2 aliphatic rings. The average Bonchev–Trinajstić information content (AvgIpc) is 3.15. The van der Waals surface area contributed by atoms with E-state index in [1.54, 1.807) is 7.05 Å². The predicted octanol–water partition coefficient (Wildman–Crippen LogP) is 2.43. The number of hydrogen-bond acceptors (Lipinski definition) is 5. The Kier molecular flexibility index (Phi) is 10.3. The van der Waals surface area contributed by atoms with Crippen LogP contribution in [0.3, 0.4) is 0 Å². The normalized spacial score (nSPS) is 18.3. The molecular weight excluding hydrogens is 544 g/mol. The summed E-state index contributed by atoms with van der Waals surface area (Å²) in [4.78, 5) is 24.4. The Morgan fingerprint density at radius 1 is 1.23 bits per heavy atom. The van der Waals surface area contributed by atoms with Gasteiger partial charge in [-0.05, 0) is 12.8 Å². The van der Waals surface area contributed by atoms with Crippen molar-refractivity contribution >= 4 is 47.2 Å². The predicted molar refractivity (Wildman–Crippen MR) is 126 cm³/mol. The van der Waals surface area contributed by atoms with Gasteiger partial charge in [0.15, 0.2) is 11.7 Å². The van der Waals surface area contributed by atoms with Gasteiger partial charge in [-0.1, -0.05) is 6.42 Å². The van der Waals surface area contributed by atoms with Crippen LogP contribution >= 0.6 is 35.3 Å². The first kappa shape index (κ1) is 26.1. The molecule has 31 heavy (non-hydrogen) atoms. The van der Waals surface area contributed by atoms with Gasteiger partial charge in [0.25, 0.3) is 0 Å². The number of thiazole rings is 1. The van der Waals surface area contributed by atoms with Crippen LogP contribution in [0, 0.1) is 5.92 Å². The van der Waals surface area contributed by atoms with Crippen molar-refractivity contribution in [2.75, 3.05) is 52.9 Å². The van der Waals surface area contributed by atoms with Crippen LogP contribution in [0.1, 0.15) is 30.0 Å². The summed E-state index contributed by atoms with van der Waals surface area (Å²) in [5.41, 5.74) is -0.834. The summed E-state index contributed by atoms with van der Waals surface area (Å²) in [7, 11) is 1.66. The molecule has 2 heterocycles. The van der Waals surface area contributed by atoms with Crippen LogP contribution < -0.4 is 10.6 Å². The SMILES string of the molecule is CN=C(NCCc1nc(C(F)(F)F)cs1)NCCN1CCN(C(=O)C2CCC2)CC1.I. The van der Waals surface area contributed by atoms with E-state index >= 15 is 0 Å². The molecule has 2 N–H and O–H groups in total. The lowest BCUT2D eigenvalue weighted by Crippen LogP contribution is -2.52. The van der Waals surface area contributed by atoms with Crippen LogP contribution in [0.4, 0.5) is 13.2 Å². The fourth-order valence-electron chi connectivity index (χ4n) is 3.50. The Balaban J connectivity index is 0.00000341. The Hall–Kier alpha value is -1.15. The quantitative estimate of drug-likeness (QED) is 0.298. The molecule has 1 saturated heterocycles. The summed E-state index contributed by atoms with van der Waals surface area (Å²) in [6.07, 6.45) is -0.730. The van der Waals surface area contributed by atoms with Crippen molar-refractivity contribution in [3.8, 4) is 0 Å². The van der Waals surface area contributed by atoms with Crippen LogP contribution in [-0.2, 0) is 17.4 Å². The first-order valence-electron chi connectivity index (χ1n) is 10.3. The Bertz CT molecular complexity index is 732. The van der Waals surface area contributed by atoms with E-state index in [2.05, 4.69) is 25.5 Å². The van der Waals surface area contributed by atoms with Crippen molar-refractivity contribution in [1.82, 2.24) is 25.4 Å². The van der Waals surface area contributed by atoms with Crippen LogP contribution in [0.5, 0.6) is 0 Å². The van der Waals surface area contributed by atoms with Gasteiger partial charge in [-0.25, -0.2) is 4.98 Å². The summed E-state index contributed by atoms with van der Waals surface area (Å²) in [6.45, 7) is 5.31. The zero-order chi connectivity index (χ0) is 21.6. The van der Waals surface area contributed by atoms with Gasteiger partial charge in [0.1, 0.15) is 0 Å². The van der Waals surface area contributed by atoms with Crippen molar-refractivity contribution < 1.29 is 18.0 Å². The molecule has 0 unspecified atom stereocenters. The number of aromatic nitrogens is 1. The fourth-order valence-corrected chi connectivity index (χ4v) is 4.31. The maximum Gasteiger partial charge on any atom is 0.434 e. The highest BCUT2D eigenvalue weighted by atomic mass is 127. The molecule has 3 rings (SSSR count). The number of aliphatic imine (C=N–C) groups is 1. The topological polar surface area (TPSA) is 72.9 Å². The molecule has 7 nitrogen and oxygen atoms in total. The van der Waals surface area contributed by atoms with E-state index in [0.717, 1.165) is 62.3 Å². The molecule has 12 heteroatoms. The van der Waals surface area contributed by atoms with E-state index in [-0.39, 0.29) is 29.9 Å². The number of halogens is 4. The van der Waals surface area contributed by atoms with E-state index in [9.17, 15) is 18.0 Å². The maximum atomic E-state index is 12.6. The molecule has 1 saturated carbocycles. The van der Waals surface area contributed by atoms with Gasteiger partial charge in [-0.2, -0.15) is 13.2 Å². The lowest BCUT2D eigenvalue weighted by molar-refractivity contribution is -0.141. The summed E-state index contributed by atoms with van der Waals surface area (Å²) in [5, 5.41) is 7.81. The number of carbonyl (C=O) groups excluding carboxylic acids is 1. The van der Waals surface area contributed by atoms with Gasteiger partial charge >= 0.3 is 6.18 Å². The summed E-state index contributed by atoms with van der Waals surface area (Å²) in [5.74, 6) is 1.20. The standard InChI is InChI=1S/C19H29F3N6OS.HI/c1-23-18(24-6-5-16-26-15(13-30-16)19(20,21)22)25-7-8-27-9-11-28(12-10-27)17(29)14-3-2-4-14;/h13-14H,2-12H2,1H3,(H2,23,24,25);1H. The molecule has 1 aromatic heterocycles. The van der Waals surface area contributed by atoms with Crippen molar-refractivity contribution in [2.24, 2.45) is 10.9 Å². The monoisotopic (exact) mass is 574 g/mol. The zero-order valence-electron chi connectivity index (χ0n) is 17.6. The maximum absolute atomic E-state index is 12.6. The lowest BCUT2D eigenvalue weighted by atomic mass is 9.84. The van der Waals surface area contributed by atoms with Gasteiger partial charge in [0.05, 0.1) is 5.01 Å². The number of alkyl halides is 3. The molecule has 1 aliphatic carbocycles. The first-order chi connectivity index (χ1) is 14.4. The zero-order valence-corrected chi connectivity index (χ0v) is 20.7. The molecule has 0 atom stereocenters. The lowest BCUT2D eigenvalue weighted by Gasteiger charge is -2.38. The number of hydrogen-bond donors (Lipinski definition) is 2. The highest BCUT2D eigenvalue weighted by Gasteiger charge is 2.33. The van der Waals surface area contributed by atoms with Crippen LogP contribution in [0.25, 0.3) is 0 Å². The van der Waals surface area contributed by atoms with Gasteiger partial charge in [0, 0.05) is 70.6 Å². The Morgan fingerprint density at radius 3 is 2.45 bits per heavy atom. The molecule has 0 spiro atoms. The van der Waals surface area contributed by atoms with Crippen LogP contribution in [0.15, 0.2) is 10.4 Å². The number of piperazine rings is 1. The van der Waals surface area contributed by atoms with Gasteiger partial charge in [-0.15, -0.1) is 35.3 Å². The highest BCUT2D eigenvalue weighted by molar-refractivity contribution is 14.0. The smallest absolute Gasteiger partial charge is 0.356 e. The van der Waals surface area contributed by atoms with Crippen molar-refractivity contribution in [2.45, 2.75) is 31.9 Å². The molecule has 2 fully saturated rings. The van der Waals surface area contributed by atoms with Crippen LogP contribution in [0.2, 0.25) is 0 Å². The minimum Gasteiger partial charge on any atom is -0.356 e. The second kappa shape index (κ2) is 12.2. The second-order valence-corrected chi connectivity index (χ2v) is 8.54. The van der Waals surface area contributed by atoms with E-state index in [1.807, 2.05) is 4.90 Å². The average molecular weight is 574 g/mol.